The first-order chi connectivity index (χ1) is 14.2. The average Bonchev–Trinajstić information content (AvgIpc) is 3.09. The molecule has 3 aromatic rings. The smallest absolute Gasteiger partial charge is 0.410 e. The van der Waals surface area contributed by atoms with Gasteiger partial charge in [-0.3, -0.25) is 4.40 Å². The highest BCUT2D eigenvalue weighted by molar-refractivity contribution is 7.93. The third-order valence-corrected chi connectivity index (χ3v) is 7.34. The Morgan fingerprint density at radius 2 is 1.77 bits per heavy atom. The summed E-state index contributed by atoms with van der Waals surface area (Å²) in [7, 11) is -8.62. The lowest BCUT2D eigenvalue weighted by molar-refractivity contribution is 0.206. The maximum atomic E-state index is 13.0. The van der Waals surface area contributed by atoms with E-state index in [4.69, 9.17) is 4.74 Å². The van der Waals surface area contributed by atoms with Crippen molar-refractivity contribution >= 4 is 31.6 Å². The minimum atomic E-state index is -4.62. The number of nitrogens with zero attached hydrogens (tertiary/aromatic N) is 2. The summed E-state index contributed by atoms with van der Waals surface area (Å²) in [6.45, 7) is 3.35. The van der Waals surface area contributed by atoms with Crippen molar-refractivity contribution in [1.82, 2.24) is 14.1 Å². The normalized spacial score (nSPS) is 12.1. The molecular formula is C19H21N3O6S2. The number of sulfone groups is 1. The summed E-state index contributed by atoms with van der Waals surface area (Å²) in [5.74, 6) is -0.217. The Hall–Kier alpha value is -2.92. The standard InChI is InChI=1S/C19H21N3O6S2/c1-3-8-14-11-12-16-20-17(29(24,25)4-2)18(22(16)13-14)30(26,27)21-19(23)28-15-9-6-5-7-10-15/h5-7,9-13H,3-4,8H2,1-2H3,(H,21,23). The fourth-order valence-electron chi connectivity index (χ4n) is 2.84. The molecule has 2 heterocycles. The number of fused-ring (bicyclic) bond motifs is 1. The molecule has 0 unspecified atom stereocenters. The van der Waals surface area contributed by atoms with Crippen molar-refractivity contribution in [3.05, 3.63) is 54.2 Å². The van der Waals surface area contributed by atoms with Crippen LogP contribution in [0.4, 0.5) is 4.79 Å². The van der Waals surface area contributed by atoms with Crippen molar-refractivity contribution < 1.29 is 26.4 Å². The van der Waals surface area contributed by atoms with Gasteiger partial charge in [0.25, 0.3) is 10.0 Å². The molecular weight excluding hydrogens is 430 g/mol. The van der Waals surface area contributed by atoms with Crippen LogP contribution < -0.4 is 9.46 Å². The first-order valence-corrected chi connectivity index (χ1v) is 12.3. The number of sulfonamides is 1. The molecule has 0 aliphatic rings. The van der Waals surface area contributed by atoms with Gasteiger partial charge in [0.05, 0.1) is 5.75 Å². The van der Waals surface area contributed by atoms with E-state index in [-0.39, 0.29) is 17.1 Å². The average molecular weight is 452 g/mol. The molecule has 0 saturated carbocycles. The molecule has 1 N–H and O–H groups in total. The SMILES string of the molecule is CCCc1ccc2nc(S(=O)(=O)CC)c(S(=O)(=O)NC(=O)Oc3ccccc3)n2c1. The van der Waals surface area contributed by atoms with Gasteiger partial charge in [-0.2, -0.15) is 8.42 Å². The maximum Gasteiger partial charge on any atom is 0.426 e. The summed E-state index contributed by atoms with van der Waals surface area (Å²) in [4.78, 5) is 16.2. The second-order valence-electron chi connectivity index (χ2n) is 6.45. The monoisotopic (exact) mass is 451 g/mol. The van der Waals surface area contributed by atoms with Crippen LogP contribution in [0.5, 0.6) is 5.75 Å². The van der Waals surface area contributed by atoms with Crippen LogP contribution in [0.15, 0.2) is 58.7 Å². The van der Waals surface area contributed by atoms with E-state index in [0.717, 1.165) is 12.0 Å². The number of nitrogens with one attached hydrogen (secondary N) is 1. The van der Waals surface area contributed by atoms with Gasteiger partial charge in [0.15, 0.2) is 19.9 Å². The summed E-state index contributed by atoms with van der Waals surface area (Å²) in [6.07, 6.45) is 1.72. The molecule has 0 aliphatic carbocycles. The first kappa shape index (κ1) is 21.8. The zero-order valence-electron chi connectivity index (χ0n) is 16.4. The van der Waals surface area contributed by atoms with Gasteiger partial charge in [-0.05, 0) is 30.2 Å². The largest absolute Gasteiger partial charge is 0.426 e. The van der Waals surface area contributed by atoms with E-state index in [2.05, 4.69) is 4.98 Å². The van der Waals surface area contributed by atoms with E-state index >= 15 is 0 Å². The summed E-state index contributed by atoms with van der Waals surface area (Å²) in [6, 6.07) is 11.2. The fraction of sp³-hybridized carbons (Fsp3) is 0.263. The molecule has 0 fully saturated rings. The Bertz CT molecular complexity index is 1280. The van der Waals surface area contributed by atoms with Gasteiger partial charge in [-0.15, -0.1) is 0 Å². The van der Waals surface area contributed by atoms with E-state index in [1.807, 2.05) is 6.92 Å². The number of imidazole rings is 1. The number of para-hydroxylation sites is 1. The number of aryl methyl sites for hydroxylation is 1. The van der Waals surface area contributed by atoms with Crippen molar-refractivity contribution in [2.75, 3.05) is 5.75 Å². The van der Waals surface area contributed by atoms with Crippen LogP contribution in [0, 0.1) is 0 Å². The van der Waals surface area contributed by atoms with Crippen LogP contribution in [0.2, 0.25) is 0 Å². The van der Waals surface area contributed by atoms with E-state index < -0.39 is 36.0 Å². The highest BCUT2D eigenvalue weighted by Gasteiger charge is 2.33. The van der Waals surface area contributed by atoms with Crippen LogP contribution >= 0.6 is 0 Å². The van der Waals surface area contributed by atoms with Gasteiger partial charge in [0.2, 0.25) is 0 Å². The van der Waals surface area contributed by atoms with Crippen LogP contribution in [-0.2, 0) is 26.3 Å². The molecule has 0 aliphatic heterocycles. The van der Waals surface area contributed by atoms with Gasteiger partial charge in [0, 0.05) is 6.20 Å². The molecule has 160 valence electrons. The summed E-state index contributed by atoms with van der Waals surface area (Å²) >= 11 is 0. The molecule has 0 atom stereocenters. The van der Waals surface area contributed by atoms with Crippen molar-refractivity contribution in [3.8, 4) is 5.75 Å². The highest BCUT2D eigenvalue weighted by atomic mass is 32.2. The molecule has 0 saturated heterocycles. The molecule has 1 amide bonds. The van der Waals surface area contributed by atoms with E-state index in [9.17, 15) is 21.6 Å². The van der Waals surface area contributed by atoms with Crippen LogP contribution in [-0.4, -0.2) is 38.1 Å². The Kier molecular flexibility index (Phi) is 6.13. The van der Waals surface area contributed by atoms with Crippen molar-refractivity contribution in [3.63, 3.8) is 0 Å². The molecule has 3 rings (SSSR count). The molecule has 0 spiro atoms. The Morgan fingerprint density at radius 3 is 2.40 bits per heavy atom. The molecule has 0 radical (unpaired) electrons. The number of hydrogen-bond donors (Lipinski definition) is 1. The molecule has 0 bridgehead atoms. The van der Waals surface area contributed by atoms with Gasteiger partial charge >= 0.3 is 6.09 Å². The van der Waals surface area contributed by atoms with Gasteiger partial charge in [-0.1, -0.05) is 44.5 Å². The third-order valence-electron chi connectivity index (χ3n) is 4.25. The van der Waals surface area contributed by atoms with E-state index in [1.165, 1.54) is 29.7 Å². The van der Waals surface area contributed by atoms with Gasteiger partial charge < -0.3 is 4.74 Å². The second-order valence-corrected chi connectivity index (χ2v) is 10.2. The number of ether oxygens (including phenoxy) is 1. The number of amides is 1. The summed E-state index contributed by atoms with van der Waals surface area (Å²) in [5.41, 5.74) is 0.935. The number of rotatable bonds is 7. The third kappa shape index (κ3) is 4.46. The number of carbonyl (C=O) groups excluding carboxylic acids is 1. The minimum absolute atomic E-state index is 0.134. The molecule has 11 heteroatoms. The molecule has 9 nitrogen and oxygen atoms in total. The molecule has 1 aromatic carbocycles. The lowest BCUT2D eigenvalue weighted by Gasteiger charge is -2.10. The summed E-state index contributed by atoms with van der Waals surface area (Å²) < 4.78 is 59.0. The van der Waals surface area contributed by atoms with Gasteiger partial charge in [0.1, 0.15) is 11.4 Å². The second kappa shape index (κ2) is 8.44. The lowest BCUT2D eigenvalue weighted by atomic mass is 10.2. The zero-order valence-corrected chi connectivity index (χ0v) is 18.0. The highest BCUT2D eigenvalue weighted by Crippen LogP contribution is 2.24. The minimum Gasteiger partial charge on any atom is -0.410 e. The predicted octanol–water partition coefficient (Wildman–Crippen LogP) is 2.56. The van der Waals surface area contributed by atoms with Crippen molar-refractivity contribution in [2.24, 2.45) is 0 Å². The van der Waals surface area contributed by atoms with Crippen molar-refractivity contribution in [1.29, 1.82) is 0 Å². The number of hydrogen-bond acceptors (Lipinski definition) is 7. The molecule has 30 heavy (non-hydrogen) atoms. The molecule has 2 aromatic heterocycles. The van der Waals surface area contributed by atoms with Crippen LogP contribution in [0.3, 0.4) is 0 Å². The first-order valence-electron chi connectivity index (χ1n) is 9.21. The predicted molar refractivity (Wildman–Crippen MR) is 110 cm³/mol. The number of benzene rings is 1. The fourth-order valence-corrected chi connectivity index (χ4v) is 5.46. The van der Waals surface area contributed by atoms with E-state index in [1.54, 1.807) is 35.1 Å². The number of aromatic nitrogens is 2. The lowest BCUT2D eigenvalue weighted by Crippen LogP contribution is -2.34. The van der Waals surface area contributed by atoms with Crippen LogP contribution in [0.25, 0.3) is 5.65 Å². The Balaban J connectivity index is 2.10. The Morgan fingerprint density at radius 1 is 1.07 bits per heavy atom. The number of pyridine rings is 1. The Labute approximate surface area is 174 Å². The van der Waals surface area contributed by atoms with Gasteiger partial charge in [-0.25, -0.2) is 22.9 Å². The number of carbonyl (C=O) groups is 1. The van der Waals surface area contributed by atoms with E-state index in [0.29, 0.717) is 6.42 Å². The topological polar surface area (TPSA) is 124 Å². The maximum absolute atomic E-state index is 13.0. The summed E-state index contributed by atoms with van der Waals surface area (Å²) in [5, 5.41) is -1.24. The quantitative estimate of drug-likeness (QED) is 0.585. The van der Waals surface area contributed by atoms with Crippen LogP contribution in [0.1, 0.15) is 25.8 Å². The van der Waals surface area contributed by atoms with Crippen molar-refractivity contribution in [2.45, 2.75) is 36.7 Å². The zero-order chi connectivity index (χ0) is 21.9.